The molecule has 1 N–H and O–H groups in total. The van der Waals surface area contributed by atoms with Crippen LogP contribution < -0.4 is 5.32 Å². The molecule has 3 aromatic rings. The SMILES string of the molecule is Cc1ccn2c(CN3CCC(c4cc5c(cc4F)C(=O)N(C4CCC(=O)NC4=O)C5)CC3)cnc2c1. The molecule has 9 heteroatoms. The number of carbonyl (C=O) groups is 3. The monoisotopic (exact) mass is 489 g/mol. The van der Waals surface area contributed by atoms with E-state index in [1.54, 1.807) is 0 Å². The number of carbonyl (C=O) groups excluding carboxylic acids is 3. The maximum absolute atomic E-state index is 15.2. The largest absolute Gasteiger partial charge is 0.322 e. The Morgan fingerprint density at radius 1 is 1.11 bits per heavy atom. The number of nitrogens with zero attached hydrogens (tertiary/aromatic N) is 4. The molecule has 0 spiro atoms. The van der Waals surface area contributed by atoms with Gasteiger partial charge in [0.25, 0.3) is 5.91 Å². The summed E-state index contributed by atoms with van der Waals surface area (Å²) in [6, 6.07) is 6.61. The van der Waals surface area contributed by atoms with Crippen LogP contribution in [0.1, 0.15) is 64.3 Å². The molecule has 0 saturated carbocycles. The zero-order valence-corrected chi connectivity index (χ0v) is 20.2. The molecule has 1 aromatic carbocycles. The van der Waals surface area contributed by atoms with Gasteiger partial charge in [0.1, 0.15) is 17.5 Å². The number of hydrogen-bond acceptors (Lipinski definition) is 5. The van der Waals surface area contributed by atoms with Gasteiger partial charge in [0.05, 0.1) is 11.9 Å². The van der Waals surface area contributed by atoms with E-state index >= 15 is 4.39 Å². The number of pyridine rings is 1. The van der Waals surface area contributed by atoms with E-state index in [2.05, 4.69) is 44.9 Å². The van der Waals surface area contributed by atoms with Crippen LogP contribution in [0.25, 0.3) is 5.65 Å². The minimum Gasteiger partial charge on any atom is -0.322 e. The molecule has 5 heterocycles. The van der Waals surface area contributed by atoms with E-state index in [4.69, 9.17) is 0 Å². The third-order valence-corrected chi connectivity index (χ3v) is 7.80. The molecule has 3 amide bonds. The number of fused-ring (bicyclic) bond motifs is 2. The van der Waals surface area contributed by atoms with E-state index in [0.717, 1.165) is 49.4 Å². The second kappa shape index (κ2) is 8.81. The van der Waals surface area contributed by atoms with E-state index in [0.29, 0.717) is 17.5 Å². The number of aryl methyl sites for hydroxylation is 1. The summed E-state index contributed by atoms with van der Waals surface area (Å²) in [4.78, 5) is 45.1. The lowest BCUT2D eigenvalue weighted by Gasteiger charge is -2.32. The second-order valence-corrected chi connectivity index (χ2v) is 10.2. The topological polar surface area (TPSA) is 87.0 Å². The van der Waals surface area contributed by atoms with Crippen LogP contribution in [0.15, 0.2) is 36.7 Å². The van der Waals surface area contributed by atoms with Crippen LogP contribution in [0.4, 0.5) is 4.39 Å². The van der Waals surface area contributed by atoms with Crippen molar-refractivity contribution in [1.82, 2.24) is 24.5 Å². The van der Waals surface area contributed by atoms with E-state index in [9.17, 15) is 14.4 Å². The Hall–Kier alpha value is -3.59. The van der Waals surface area contributed by atoms with Gasteiger partial charge in [0.15, 0.2) is 0 Å². The molecule has 0 aliphatic carbocycles. The highest BCUT2D eigenvalue weighted by atomic mass is 19.1. The number of hydrogen-bond donors (Lipinski definition) is 1. The van der Waals surface area contributed by atoms with Crippen molar-refractivity contribution in [3.8, 4) is 0 Å². The molecule has 36 heavy (non-hydrogen) atoms. The predicted octanol–water partition coefficient (Wildman–Crippen LogP) is 2.92. The van der Waals surface area contributed by atoms with Crippen LogP contribution in [-0.4, -0.2) is 56.0 Å². The van der Waals surface area contributed by atoms with Gasteiger partial charge in [-0.3, -0.25) is 24.6 Å². The van der Waals surface area contributed by atoms with Crippen molar-refractivity contribution in [3.63, 3.8) is 0 Å². The molecule has 2 aromatic heterocycles. The standard InChI is InChI=1S/C27H28FN5O3/c1-16-4-9-32-19(13-29-24(32)10-16)15-31-7-5-17(6-8-31)20-11-18-14-33(27(36)21(18)12-22(20)28)23-2-3-25(34)30-26(23)35/h4,9-13,17,23H,2-3,5-8,14-15H2,1H3,(H,30,34,35). The number of likely N-dealkylation sites (tertiary alicyclic amines) is 1. The predicted molar refractivity (Wildman–Crippen MR) is 130 cm³/mol. The first-order valence-corrected chi connectivity index (χ1v) is 12.5. The average Bonchev–Trinajstić information content (AvgIpc) is 3.39. The summed E-state index contributed by atoms with van der Waals surface area (Å²) in [6.45, 7) is 4.81. The van der Waals surface area contributed by atoms with Gasteiger partial charge in [-0.1, -0.05) is 6.07 Å². The van der Waals surface area contributed by atoms with Crippen molar-refractivity contribution in [1.29, 1.82) is 0 Å². The van der Waals surface area contributed by atoms with E-state index in [1.807, 2.05) is 12.3 Å². The van der Waals surface area contributed by atoms with E-state index in [1.165, 1.54) is 16.5 Å². The Morgan fingerprint density at radius 2 is 1.92 bits per heavy atom. The number of benzene rings is 1. The van der Waals surface area contributed by atoms with Crippen LogP contribution in [0.2, 0.25) is 0 Å². The molecule has 8 nitrogen and oxygen atoms in total. The molecular formula is C27H28FN5O3. The highest BCUT2D eigenvalue weighted by Crippen LogP contribution is 2.35. The third kappa shape index (κ3) is 3.97. The lowest BCUT2D eigenvalue weighted by atomic mass is 9.87. The number of rotatable bonds is 4. The first-order chi connectivity index (χ1) is 17.4. The summed E-state index contributed by atoms with van der Waals surface area (Å²) in [5.74, 6) is -1.40. The van der Waals surface area contributed by atoms with Crippen LogP contribution in [-0.2, 0) is 22.7 Å². The van der Waals surface area contributed by atoms with E-state index < -0.39 is 11.9 Å². The number of piperidine rings is 2. The van der Waals surface area contributed by atoms with Crippen LogP contribution in [0.5, 0.6) is 0 Å². The quantitative estimate of drug-likeness (QED) is 0.570. The Labute approximate surface area is 208 Å². The maximum atomic E-state index is 15.2. The molecule has 1 unspecified atom stereocenters. The van der Waals surface area contributed by atoms with Gasteiger partial charge in [0, 0.05) is 31.3 Å². The summed E-state index contributed by atoms with van der Waals surface area (Å²) in [5, 5.41) is 2.30. The smallest absolute Gasteiger partial charge is 0.255 e. The molecule has 2 saturated heterocycles. The van der Waals surface area contributed by atoms with Crippen LogP contribution in [0.3, 0.4) is 0 Å². The normalized spacial score (nSPS) is 21.3. The van der Waals surface area contributed by atoms with Gasteiger partial charge < -0.3 is 9.30 Å². The maximum Gasteiger partial charge on any atom is 0.255 e. The highest BCUT2D eigenvalue weighted by Gasteiger charge is 2.40. The molecule has 3 aliphatic heterocycles. The number of imide groups is 1. The Bertz CT molecular complexity index is 1390. The molecule has 6 rings (SSSR count). The van der Waals surface area contributed by atoms with Crippen molar-refractivity contribution in [3.05, 3.63) is 70.4 Å². The van der Waals surface area contributed by atoms with E-state index in [-0.39, 0.29) is 36.5 Å². The van der Waals surface area contributed by atoms with Crippen molar-refractivity contribution in [2.75, 3.05) is 13.1 Å². The minimum absolute atomic E-state index is 0.0798. The second-order valence-electron chi connectivity index (χ2n) is 10.2. The summed E-state index contributed by atoms with van der Waals surface area (Å²) >= 11 is 0. The number of halogens is 1. The fourth-order valence-corrected chi connectivity index (χ4v) is 5.80. The number of aromatic nitrogens is 2. The van der Waals surface area contributed by atoms with Gasteiger partial charge in [-0.05, 0) is 80.1 Å². The van der Waals surface area contributed by atoms with Crippen molar-refractivity contribution < 1.29 is 18.8 Å². The first kappa shape index (κ1) is 22.8. The van der Waals surface area contributed by atoms with Gasteiger partial charge in [-0.15, -0.1) is 0 Å². The molecule has 1 atom stereocenters. The zero-order valence-electron chi connectivity index (χ0n) is 20.2. The summed E-state index contributed by atoms with van der Waals surface area (Å²) in [6.07, 6.45) is 6.13. The molecular weight excluding hydrogens is 461 g/mol. The van der Waals surface area contributed by atoms with Crippen LogP contribution >= 0.6 is 0 Å². The first-order valence-electron chi connectivity index (χ1n) is 12.5. The molecule has 3 aliphatic rings. The molecule has 2 fully saturated rings. The number of imidazole rings is 1. The zero-order chi connectivity index (χ0) is 25.0. The summed E-state index contributed by atoms with van der Waals surface area (Å²) in [7, 11) is 0. The summed E-state index contributed by atoms with van der Waals surface area (Å²) in [5.41, 5.74) is 4.99. The minimum atomic E-state index is -0.694. The highest BCUT2D eigenvalue weighted by molar-refractivity contribution is 6.05. The lowest BCUT2D eigenvalue weighted by molar-refractivity contribution is -0.136. The number of amides is 3. The average molecular weight is 490 g/mol. The van der Waals surface area contributed by atoms with Crippen LogP contribution in [0, 0.1) is 12.7 Å². The van der Waals surface area contributed by atoms with Gasteiger partial charge >= 0.3 is 0 Å². The molecule has 186 valence electrons. The fraction of sp³-hybridized carbons (Fsp3) is 0.407. The van der Waals surface area contributed by atoms with Crippen molar-refractivity contribution >= 4 is 23.4 Å². The van der Waals surface area contributed by atoms with Crippen molar-refractivity contribution in [2.24, 2.45) is 0 Å². The molecule has 0 bridgehead atoms. The fourth-order valence-electron chi connectivity index (χ4n) is 5.80. The van der Waals surface area contributed by atoms with Crippen molar-refractivity contribution in [2.45, 2.75) is 57.7 Å². The van der Waals surface area contributed by atoms with Gasteiger partial charge in [-0.2, -0.15) is 0 Å². The lowest BCUT2D eigenvalue weighted by Crippen LogP contribution is -2.52. The Morgan fingerprint density at radius 3 is 2.69 bits per heavy atom. The number of nitrogens with one attached hydrogen (secondary N) is 1. The summed E-state index contributed by atoms with van der Waals surface area (Å²) < 4.78 is 17.3. The van der Waals surface area contributed by atoms with Gasteiger partial charge in [0.2, 0.25) is 11.8 Å². The third-order valence-electron chi connectivity index (χ3n) is 7.80. The van der Waals surface area contributed by atoms with Gasteiger partial charge in [-0.25, -0.2) is 9.37 Å². The molecule has 0 radical (unpaired) electrons. The Balaban J connectivity index is 1.14. The Kier molecular flexibility index (Phi) is 5.59.